The zero-order valence-electron chi connectivity index (χ0n) is 12.0. The lowest BCUT2D eigenvalue weighted by Crippen LogP contribution is -2.56. The third kappa shape index (κ3) is 2.25. The Morgan fingerprint density at radius 1 is 1.39 bits per heavy atom. The minimum Gasteiger partial charge on any atom is -0.341 e. The van der Waals surface area contributed by atoms with Crippen LogP contribution in [-0.4, -0.2) is 24.0 Å². The average Bonchev–Trinajstić information content (AvgIpc) is 2.60. The average molecular weight is 251 g/mol. The van der Waals surface area contributed by atoms with Crippen molar-refractivity contribution in [3.05, 3.63) is 0 Å². The van der Waals surface area contributed by atoms with Crippen LogP contribution in [0.15, 0.2) is 4.99 Å². The first-order valence-corrected chi connectivity index (χ1v) is 7.04. The second-order valence-electron chi connectivity index (χ2n) is 6.55. The molecule has 1 heterocycles. The number of aliphatic imine (C=N–C) groups is 1. The molecule has 1 aliphatic heterocycles. The second kappa shape index (κ2) is 4.56. The summed E-state index contributed by atoms with van der Waals surface area (Å²) in [4.78, 5) is 16.7. The zero-order chi connectivity index (χ0) is 13.4. The zero-order valence-corrected chi connectivity index (χ0v) is 12.0. The maximum absolute atomic E-state index is 12.3. The Hall–Kier alpha value is -1.06. The van der Waals surface area contributed by atoms with Crippen molar-refractivity contribution in [1.29, 1.82) is 0 Å². The fourth-order valence-electron chi connectivity index (χ4n) is 3.23. The van der Waals surface area contributed by atoms with Gasteiger partial charge in [0.15, 0.2) is 5.96 Å². The normalized spacial score (nSPS) is 36.8. The maximum atomic E-state index is 12.3. The minimum atomic E-state index is -0.415. The lowest BCUT2D eigenvalue weighted by Gasteiger charge is -2.44. The number of nitrogens with zero attached hydrogens (tertiary/aromatic N) is 1. The van der Waals surface area contributed by atoms with E-state index in [0.717, 1.165) is 32.2 Å². The molecular formula is C14H25N3O. The molecule has 102 valence electrons. The number of amides is 1. The summed E-state index contributed by atoms with van der Waals surface area (Å²) in [7, 11) is 0. The molecular weight excluding hydrogens is 226 g/mol. The fraction of sp³-hybridized carbons (Fsp3) is 0.857. The van der Waals surface area contributed by atoms with Crippen molar-refractivity contribution in [2.45, 2.75) is 58.9 Å². The number of nitrogens with one attached hydrogen (secondary N) is 2. The predicted octanol–water partition coefficient (Wildman–Crippen LogP) is 2.06. The van der Waals surface area contributed by atoms with E-state index in [1.165, 1.54) is 0 Å². The SMILES string of the molecule is CCCN=C1NC(=O)C2(CCC(C)(C)CC2C)N1. The Balaban J connectivity index is 2.15. The third-order valence-corrected chi connectivity index (χ3v) is 4.37. The van der Waals surface area contributed by atoms with Gasteiger partial charge in [-0.05, 0) is 37.0 Å². The van der Waals surface area contributed by atoms with Crippen LogP contribution in [0.3, 0.4) is 0 Å². The number of guanidine groups is 1. The van der Waals surface area contributed by atoms with Gasteiger partial charge in [0.1, 0.15) is 5.54 Å². The molecule has 0 radical (unpaired) electrons. The predicted molar refractivity (Wildman–Crippen MR) is 73.4 cm³/mol. The molecule has 1 saturated heterocycles. The van der Waals surface area contributed by atoms with Crippen molar-refractivity contribution in [3.63, 3.8) is 0 Å². The van der Waals surface area contributed by atoms with Gasteiger partial charge in [0.2, 0.25) is 0 Å². The molecule has 1 spiro atoms. The van der Waals surface area contributed by atoms with E-state index in [0.29, 0.717) is 17.3 Å². The first kappa shape index (κ1) is 13.4. The van der Waals surface area contributed by atoms with Crippen molar-refractivity contribution in [2.75, 3.05) is 6.54 Å². The van der Waals surface area contributed by atoms with Crippen LogP contribution in [0, 0.1) is 11.3 Å². The molecule has 0 bridgehead atoms. The van der Waals surface area contributed by atoms with Crippen molar-refractivity contribution < 1.29 is 4.79 Å². The molecule has 18 heavy (non-hydrogen) atoms. The van der Waals surface area contributed by atoms with Gasteiger partial charge in [-0.1, -0.05) is 27.7 Å². The van der Waals surface area contributed by atoms with Crippen molar-refractivity contribution in [1.82, 2.24) is 10.6 Å². The standard InChI is InChI=1S/C14H25N3O/c1-5-8-15-12-16-11(18)14(17-12)7-6-13(3,4)9-10(14)2/h10H,5-9H2,1-4H3,(H2,15,16,17,18). The van der Waals surface area contributed by atoms with Gasteiger partial charge in [0, 0.05) is 6.54 Å². The molecule has 1 aliphatic carbocycles. The molecule has 4 heteroatoms. The Morgan fingerprint density at radius 2 is 2.11 bits per heavy atom. The maximum Gasteiger partial charge on any atom is 0.252 e. The van der Waals surface area contributed by atoms with Crippen molar-refractivity contribution in [3.8, 4) is 0 Å². The van der Waals surface area contributed by atoms with Gasteiger partial charge in [0.25, 0.3) is 5.91 Å². The Kier molecular flexibility index (Phi) is 3.39. The molecule has 4 nitrogen and oxygen atoms in total. The number of hydrogen-bond donors (Lipinski definition) is 2. The van der Waals surface area contributed by atoms with Crippen LogP contribution in [0.2, 0.25) is 0 Å². The number of carbonyl (C=O) groups excluding carboxylic acids is 1. The minimum absolute atomic E-state index is 0.111. The molecule has 2 unspecified atom stereocenters. The molecule has 1 amide bonds. The van der Waals surface area contributed by atoms with E-state index in [4.69, 9.17) is 0 Å². The summed E-state index contributed by atoms with van der Waals surface area (Å²) >= 11 is 0. The molecule has 1 saturated carbocycles. The van der Waals surface area contributed by atoms with Gasteiger partial charge in [-0.15, -0.1) is 0 Å². The Labute approximate surface area is 110 Å². The van der Waals surface area contributed by atoms with E-state index < -0.39 is 5.54 Å². The van der Waals surface area contributed by atoms with Crippen LogP contribution < -0.4 is 10.6 Å². The van der Waals surface area contributed by atoms with Crippen LogP contribution in [-0.2, 0) is 4.79 Å². The van der Waals surface area contributed by atoms with E-state index >= 15 is 0 Å². The quantitative estimate of drug-likeness (QED) is 0.789. The van der Waals surface area contributed by atoms with Crippen molar-refractivity contribution >= 4 is 11.9 Å². The van der Waals surface area contributed by atoms with Gasteiger partial charge in [-0.3, -0.25) is 15.1 Å². The summed E-state index contributed by atoms with van der Waals surface area (Å²) in [5.74, 6) is 1.13. The highest BCUT2D eigenvalue weighted by Gasteiger charge is 2.53. The first-order valence-electron chi connectivity index (χ1n) is 7.04. The van der Waals surface area contributed by atoms with Gasteiger partial charge in [-0.25, -0.2) is 0 Å². The van der Waals surface area contributed by atoms with E-state index in [1.54, 1.807) is 0 Å². The lowest BCUT2D eigenvalue weighted by molar-refractivity contribution is -0.128. The molecule has 2 N–H and O–H groups in total. The van der Waals surface area contributed by atoms with E-state index in [9.17, 15) is 4.79 Å². The number of hydrogen-bond acceptors (Lipinski definition) is 2. The topological polar surface area (TPSA) is 53.5 Å². The van der Waals surface area contributed by atoms with Gasteiger partial charge < -0.3 is 5.32 Å². The molecule has 0 aromatic heterocycles. The van der Waals surface area contributed by atoms with Crippen LogP contribution in [0.4, 0.5) is 0 Å². The van der Waals surface area contributed by atoms with Crippen LogP contribution in [0.25, 0.3) is 0 Å². The van der Waals surface area contributed by atoms with E-state index in [2.05, 4.69) is 43.3 Å². The molecule has 2 atom stereocenters. The van der Waals surface area contributed by atoms with E-state index in [-0.39, 0.29) is 5.91 Å². The van der Waals surface area contributed by atoms with Crippen LogP contribution in [0.5, 0.6) is 0 Å². The van der Waals surface area contributed by atoms with Crippen LogP contribution >= 0.6 is 0 Å². The van der Waals surface area contributed by atoms with Gasteiger partial charge in [0.05, 0.1) is 0 Å². The second-order valence-corrected chi connectivity index (χ2v) is 6.55. The molecule has 0 aromatic carbocycles. The third-order valence-electron chi connectivity index (χ3n) is 4.37. The van der Waals surface area contributed by atoms with E-state index in [1.807, 2.05) is 0 Å². The highest BCUT2D eigenvalue weighted by atomic mass is 16.2. The number of carbonyl (C=O) groups is 1. The smallest absolute Gasteiger partial charge is 0.252 e. The summed E-state index contributed by atoms with van der Waals surface area (Å²) < 4.78 is 0. The largest absolute Gasteiger partial charge is 0.341 e. The Bertz CT molecular complexity index is 375. The molecule has 2 fully saturated rings. The summed E-state index contributed by atoms with van der Waals surface area (Å²) in [6, 6.07) is 0. The highest BCUT2D eigenvalue weighted by molar-refractivity contribution is 6.09. The summed E-state index contributed by atoms with van der Waals surface area (Å²) in [6.45, 7) is 9.60. The Morgan fingerprint density at radius 3 is 2.72 bits per heavy atom. The van der Waals surface area contributed by atoms with Gasteiger partial charge in [-0.2, -0.15) is 0 Å². The molecule has 2 rings (SSSR count). The summed E-state index contributed by atoms with van der Waals surface area (Å²) in [6.07, 6.45) is 4.06. The first-order chi connectivity index (χ1) is 8.39. The molecule has 2 aliphatic rings. The summed E-state index contributed by atoms with van der Waals surface area (Å²) in [5.41, 5.74) is -0.0714. The monoisotopic (exact) mass is 251 g/mol. The fourth-order valence-corrected chi connectivity index (χ4v) is 3.23. The highest BCUT2D eigenvalue weighted by Crippen LogP contribution is 2.44. The number of rotatable bonds is 2. The van der Waals surface area contributed by atoms with Crippen molar-refractivity contribution in [2.24, 2.45) is 16.3 Å². The molecule has 0 aromatic rings. The van der Waals surface area contributed by atoms with Crippen LogP contribution in [0.1, 0.15) is 53.4 Å². The van der Waals surface area contributed by atoms with Gasteiger partial charge >= 0.3 is 0 Å². The lowest BCUT2D eigenvalue weighted by atomic mass is 9.64. The summed E-state index contributed by atoms with van der Waals surface area (Å²) in [5, 5.41) is 6.27.